The summed E-state index contributed by atoms with van der Waals surface area (Å²) in [7, 11) is 8.20. The number of aliphatic hydroxyl groups is 2. The fraction of sp³-hybridized carbons (Fsp3) is 0.776. The van der Waals surface area contributed by atoms with Gasteiger partial charge in [-0.05, 0) is 134 Å². The van der Waals surface area contributed by atoms with Gasteiger partial charge in [0.25, 0.3) is 11.7 Å². The van der Waals surface area contributed by atoms with Gasteiger partial charge in [-0.25, -0.2) is 9.59 Å². The molecule has 0 radical (unpaired) electrons. The number of hydrogen-bond donors (Lipinski definition) is 4. The van der Waals surface area contributed by atoms with E-state index in [1.165, 1.54) is 12.0 Å². The highest BCUT2D eigenvalue weighted by atomic mass is 16.6. The summed E-state index contributed by atoms with van der Waals surface area (Å²) in [5.74, 6) is -7.09. The topological polar surface area (TPSA) is 235 Å². The SMILES string of the molecule is CO[C@H]1C[C@@H]2CC[C@@H](C)[C@@](O)(O2)C(=O)C(=O)N2CCCC[C@H]2C(=O)O[C@H]([C@H](N)C[C@@H]2CC[C@@H](OC(=O)NC3CCN(C)CC3)[C@H](OC)C2)C[C@@H](OC)[C@H](C)/C=C(\C)[C@@H](O)[C@@H](OC)C(=O)[C@H](C)C[C@H](C)/C=C/C=C/C=C/1C. The van der Waals surface area contributed by atoms with E-state index in [2.05, 4.69) is 17.3 Å². The van der Waals surface area contributed by atoms with Crippen molar-refractivity contribution >= 4 is 29.5 Å². The second kappa shape index (κ2) is 29.9. The van der Waals surface area contributed by atoms with Gasteiger partial charge in [0.05, 0.1) is 24.4 Å². The van der Waals surface area contributed by atoms with Crippen LogP contribution >= 0.6 is 0 Å². The summed E-state index contributed by atoms with van der Waals surface area (Å²) < 4.78 is 42.1. The molecule has 5 rings (SSSR count). The Bertz CT molecular complexity index is 2040. The van der Waals surface area contributed by atoms with Gasteiger partial charge in [0.2, 0.25) is 5.79 Å². The summed E-state index contributed by atoms with van der Waals surface area (Å²) in [4.78, 5) is 73.9. The third-order valence-corrected chi connectivity index (χ3v) is 17.0. The van der Waals surface area contributed by atoms with Crippen LogP contribution in [0.25, 0.3) is 0 Å². The molecule has 0 aromatic heterocycles. The number of methoxy groups -OCH3 is 4. The minimum Gasteiger partial charge on any atom is -0.459 e. The van der Waals surface area contributed by atoms with Crippen molar-refractivity contribution in [3.63, 3.8) is 0 Å². The van der Waals surface area contributed by atoms with Crippen molar-refractivity contribution in [1.29, 1.82) is 0 Å². The van der Waals surface area contributed by atoms with Crippen molar-refractivity contribution in [3.05, 3.63) is 47.6 Å². The van der Waals surface area contributed by atoms with E-state index in [4.69, 9.17) is 38.9 Å². The maximum absolute atomic E-state index is 14.7. The van der Waals surface area contributed by atoms with Crippen molar-refractivity contribution < 1.29 is 67.3 Å². The largest absolute Gasteiger partial charge is 0.459 e. The first kappa shape index (κ1) is 63.0. The number of alkyl carbamates (subject to hydrolysis) is 1. The van der Waals surface area contributed by atoms with Crippen LogP contribution in [0.1, 0.15) is 131 Å². The molecule has 0 aromatic rings. The van der Waals surface area contributed by atoms with Crippen LogP contribution in [-0.4, -0.2) is 177 Å². The van der Waals surface area contributed by atoms with Crippen LogP contribution in [0.4, 0.5) is 4.79 Å². The van der Waals surface area contributed by atoms with Crippen LogP contribution in [-0.2, 0) is 52.3 Å². The molecule has 2 amide bonds. The number of nitrogens with two attached hydrogens (primary N) is 1. The maximum atomic E-state index is 14.7. The Hall–Kier alpha value is -3.85. The lowest BCUT2D eigenvalue weighted by atomic mass is 9.80. The van der Waals surface area contributed by atoms with Crippen molar-refractivity contribution in [1.82, 2.24) is 15.1 Å². The molecule has 2 bridgehead atoms. The minimum atomic E-state index is -2.44. The number of amides is 2. The highest BCUT2D eigenvalue weighted by Gasteiger charge is 2.53. The Morgan fingerprint density at radius 2 is 1.53 bits per heavy atom. The number of hydrogen-bond acceptors (Lipinski definition) is 16. The van der Waals surface area contributed by atoms with Crippen LogP contribution < -0.4 is 11.1 Å². The van der Waals surface area contributed by atoms with Gasteiger partial charge in [0.1, 0.15) is 30.5 Å². The molecule has 0 unspecified atom stereocenters. The van der Waals surface area contributed by atoms with Crippen molar-refractivity contribution in [2.75, 3.05) is 55.1 Å². The van der Waals surface area contributed by atoms with Gasteiger partial charge < -0.3 is 64.2 Å². The van der Waals surface area contributed by atoms with Crippen molar-refractivity contribution in [2.24, 2.45) is 35.3 Å². The summed E-state index contributed by atoms with van der Waals surface area (Å²) >= 11 is 0. The molecule has 4 heterocycles. The quantitative estimate of drug-likeness (QED) is 0.115. The van der Waals surface area contributed by atoms with Gasteiger partial charge in [-0.15, -0.1) is 0 Å². The second-order valence-electron chi connectivity index (χ2n) is 22.8. The van der Waals surface area contributed by atoms with E-state index in [0.29, 0.717) is 69.8 Å². The van der Waals surface area contributed by atoms with Gasteiger partial charge in [0.15, 0.2) is 5.78 Å². The molecule has 430 valence electrons. The highest BCUT2D eigenvalue weighted by Crippen LogP contribution is 2.38. The molecule has 4 fully saturated rings. The zero-order chi connectivity index (χ0) is 55.9. The molecule has 5 aliphatic rings. The van der Waals surface area contributed by atoms with Gasteiger partial charge in [0, 0.05) is 77.7 Å². The molecule has 0 aromatic carbocycles. The number of carbonyl (C=O) groups is 5. The second-order valence-corrected chi connectivity index (χ2v) is 22.8. The zero-order valence-electron chi connectivity index (χ0n) is 47.5. The maximum Gasteiger partial charge on any atom is 0.407 e. The molecule has 5 N–H and O–H groups in total. The predicted molar refractivity (Wildman–Crippen MR) is 288 cm³/mol. The molecule has 0 spiro atoms. The Balaban J connectivity index is 1.44. The Labute approximate surface area is 452 Å². The van der Waals surface area contributed by atoms with Crippen molar-refractivity contribution in [3.8, 4) is 0 Å². The normalized spacial score (nSPS) is 38.8. The number of fused-ring (bicyclic) bond motifs is 3. The molecule has 1 saturated carbocycles. The highest BCUT2D eigenvalue weighted by molar-refractivity contribution is 6.39. The molecule has 18 nitrogen and oxygen atoms in total. The summed E-state index contributed by atoms with van der Waals surface area (Å²) in [6, 6.07) is -1.85. The third-order valence-electron chi connectivity index (χ3n) is 17.0. The first-order chi connectivity index (χ1) is 36.1. The van der Waals surface area contributed by atoms with Crippen LogP contribution in [0.2, 0.25) is 0 Å². The number of ether oxygens (including phenoxy) is 7. The van der Waals surface area contributed by atoms with E-state index in [1.54, 1.807) is 35.2 Å². The summed E-state index contributed by atoms with van der Waals surface area (Å²) in [5.41, 5.74) is 8.52. The number of nitrogens with zero attached hydrogens (tertiary/aromatic N) is 2. The Morgan fingerprint density at radius 3 is 2.20 bits per heavy atom. The molecular weight excluding hydrogens is 977 g/mol. The van der Waals surface area contributed by atoms with E-state index in [1.807, 2.05) is 64.2 Å². The average molecular weight is 1070 g/mol. The molecule has 16 atom stereocenters. The summed E-state index contributed by atoms with van der Waals surface area (Å²) in [6.07, 6.45) is 12.2. The molecule has 76 heavy (non-hydrogen) atoms. The number of aliphatic hydroxyl groups excluding tert-OH is 1. The monoisotopic (exact) mass is 1070 g/mol. The van der Waals surface area contributed by atoms with Gasteiger partial charge in [-0.3, -0.25) is 14.4 Å². The first-order valence-electron chi connectivity index (χ1n) is 28.0. The van der Waals surface area contributed by atoms with E-state index in [0.717, 1.165) is 31.5 Å². The van der Waals surface area contributed by atoms with Crippen LogP contribution in [0, 0.1) is 29.6 Å². The lowest BCUT2D eigenvalue weighted by molar-refractivity contribution is -0.265. The number of ketones is 2. The number of Topliss-reactive ketones (excluding diaryl/α,β-unsaturated/α-hetero) is 2. The number of piperidine rings is 2. The molecular formula is C58H94N4O14. The lowest BCUT2D eigenvalue weighted by Crippen LogP contribution is -2.61. The Morgan fingerprint density at radius 1 is 0.816 bits per heavy atom. The number of carbonyl (C=O) groups excluding carboxylic acids is 5. The number of cyclic esters (lactones) is 1. The molecule has 3 saturated heterocycles. The number of allylic oxidation sites excluding steroid dienone is 5. The molecule has 18 heteroatoms. The van der Waals surface area contributed by atoms with E-state index in [9.17, 15) is 34.2 Å². The summed E-state index contributed by atoms with van der Waals surface area (Å²) in [6.45, 7) is 13.0. The number of rotatable bonds is 9. The fourth-order valence-electron chi connectivity index (χ4n) is 11.9. The standard InChI is InChI=1S/C58H94N4O14/c1-35-17-13-12-14-18-36(2)47(70-8)33-43-22-20-40(6)58(69,76-43)54(65)55(66)62-26-16-15-19-45(62)56(67)74-49(34-48(71-9)37(3)30-39(5)52(64)53(73-11)51(63)38(4)29-35)44(59)31-41-21-23-46(50(32-41)72-10)75-57(68)60-42-24-27-61(7)28-25-42/h12-14,17-18,30,35,37-38,40-50,52-53,64,69H,15-16,19-29,31-34,59H2,1-11H3,(H,60,68)/b14-12+,17-13+,36-18+,39-30+/t35-,37-,38-,40-,41+,43+,44-,45+,46-,47+,48-,49+,50-,52-,53+,58-/m1/s1. The van der Waals surface area contributed by atoms with Gasteiger partial charge in [-0.2, -0.15) is 0 Å². The minimum absolute atomic E-state index is 0.00551. The van der Waals surface area contributed by atoms with Crippen LogP contribution in [0.15, 0.2) is 47.6 Å². The van der Waals surface area contributed by atoms with E-state index < -0.39 is 108 Å². The van der Waals surface area contributed by atoms with Crippen LogP contribution in [0.3, 0.4) is 0 Å². The fourth-order valence-corrected chi connectivity index (χ4v) is 11.9. The Kier molecular flexibility index (Phi) is 24.8. The number of esters is 1. The third kappa shape index (κ3) is 17.1. The first-order valence-corrected chi connectivity index (χ1v) is 28.0. The van der Waals surface area contributed by atoms with Crippen molar-refractivity contribution in [2.45, 2.75) is 204 Å². The number of nitrogens with one attached hydrogen (secondary N) is 1. The summed E-state index contributed by atoms with van der Waals surface area (Å²) in [5, 5.41) is 26.8. The molecule has 1 aliphatic carbocycles. The van der Waals surface area contributed by atoms with Gasteiger partial charge in [-0.1, -0.05) is 64.2 Å². The smallest absolute Gasteiger partial charge is 0.407 e. The van der Waals surface area contributed by atoms with Gasteiger partial charge >= 0.3 is 12.1 Å². The van der Waals surface area contributed by atoms with Crippen LogP contribution in [0.5, 0.6) is 0 Å². The lowest BCUT2D eigenvalue weighted by Gasteiger charge is -2.43. The average Bonchev–Trinajstić information content (AvgIpc) is 3.40. The molecule has 4 aliphatic heterocycles. The predicted octanol–water partition coefficient (Wildman–Crippen LogP) is 6.15. The zero-order valence-corrected chi connectivity index (χ0v) is 47.5. The number of likely N-dealkylation sites (tertiary alicyclic amines) is 1. The van der Waals surface area contributed by atoms with E-state index >= 15 is 0 Å². The van der Waals surface area contributed by atoms with E-state index in [-0.39, 0.29) is 43.0 Å².